The predicted octanol–water partition coefficient (Wildman–Crippen LogP) is 1.02. The Morgan fingerprint density at radius 3 is 2.85 bits per heavy atom. The molecule has 0 saturated carbocycles. The second kappa shape index (κ2) is 7.77. The number of aromatic nitrogens is 5. The van der Waals surface area contributed by atoms with Crippen molar-refractivity contribution in [1.29, 1.82) is 0 Å². The molecule has 140 valence electrons. The van der Waals surface area contributed by atoms with Crippen LogP contribution in [0.25, 0.3) is 22.3 Å². The van der Waals surface area contributed by atoms with Crippen molar-refractivity contribution in [2.75, 3.05) is 19.0 Å². The second-order valence-corrected chi connectivity index (χ2v) is 5.82. The van der Waals surface area contributed by atoms with Crippen LogP contribution < -0.4 is 5.73 Å². The molecule has 0 aliphatic heterocycles. The molecular weight excluding hydrogens is 343 g/mol. The number of halogens is 1. The highest BCUT2D eigenvalue weighted by Crippen LogP contribution is 2.34. The number of fused-ring (bicyclic) bond motifs is 1. The molecule has 3 rings (SSSR count). The minimum atomic E-state index is -1.41. The molecule has 3 heterocycles. The lowest BCUT2D eigenvalue weighted by Crippen LogP contribution is -2.36. The molecule has 10 heteroatoms. The van der Waals surface area contributed by atoms with Gasteiger partial charge >= 0.3 is 0 Å². The number of nitrogens with one attached hydrogen (secondary N) is 1. The number of aliphatic hydroxyl groups is 2. The van der Waals surface area contributed by atoms with Gasteiger partial charge in [-0.15, -0.1) is 0 Å². The first-order valence-corrected chi connectivity index (χ1v) is 8.21. The van der Waals surface area contributed by atoms with Crippen LogP contribution in [0.4, 0.5) is 10.2 Å². The first kappa shape index (κ1) is 18.2. The lowest BCUT2D eigenvalue weighted by molar-refractivity contribution is -0.126. The number of hydrogen-bond donors (Lipinski definition) is 4. The minimum absolute atomic E-state index is 0.302. The lowest BCUT2D eigenvalue weighted by atomic mass is 10.2. The number of hydrogen-bond acceptors (Lipinski definition) is 7. The Bertz CT molecular complexity index is 853. The fraction of sp³-hybridized carbons (Fsp3) is 0.438. The Hall–Kier alpha value is -2.56. The van der Waals surface area contributed by atoms with Gasteiger partial charge in [-0.25, -0.2) is 14.4 Å². The molecule has 3 aromatic heterocycles. The first-order chi connectivity index (χ1) is 12.6. The number of ether oxygens (including phenoxy) is 1. The van der Waals surface area contributed by atoms with E-state index in [4.69, 9.17) is 10.5 Å². The van der Waals surface area contributed by atoms with E-state index >= 15 is 0 Å². The Labute approximate surface area is 148 Å². The fourth-order valence-electron chi connectivity index (χ4n) is 2.85. The molecule has 0 fully saturated rings. The van der Waals surface area contributed by atoms with Crippen molar-refractivity contribution in [3.8, 4) is 11.3 Å². The highest BCUT2D eigenvalue weighted by Gasteiger charge is 2.26. The third-order valence-corrected chi connectivity index (χ3v) is 4.19. The van der Waals surface area contributed by atoms with E-state index in [1.165, 1.54) is 6.33 Å². The highest BCUT2D eigenvalue weighted by molar-refractivity contribution is 5.99. The summed E-state index contributed by atoms with van der Waals surface area (Å²) in [5.74, 6) is 0.302. The van der Waals surface area contributed by atoms with E-state index in [0.717, 1.165) is 11.3 Å². The monoisotopic (exact) mass is 364 g/mol. The predicted molar refractivity (Wildman–Crippen MR) is 92.8 cm³/mol. The molecule has 0 bridgehead atoms. The summed E-state index contributed by atoms with van der Waals surface area (Å²) < 4.78 is 20.3. The number of aromatic amines is 1. The average Bonchev–Trinajstić information content (AvgIpc) is 3.30. The number of nitrogens with zero attached hydrogens (tertiary/aromatic N) is 4. The van der Waals surface area contributed by atoms with Crippen LogP contribution in [0.2, 0.25) is 0 Å². The maximum Gasteiger partial charge on any atom is 0.148 e. The van der Waals surface area contributed by atoms with E-state index in [0.29, 0.717) is 23.3 Å². The zero-order valence-electron chi connectivity index (χ0n) is 14.2. The third kappa shape index (κ3) is 3.26. The smallest absolute Gasteiger partial charge is 0.148 e. The number of aliphatic hydroxyl groups excluding tert-OH is 2. The van der Waals surface area contributed by atoms with Gasteiger partial charge in [0, 0.05) is 18.0 Å². The number of nitrogens with two attached hydrogens (primary N) is 1. The van der Waals surface area contributed by atoms with Gasteiger partial charge in [-0.2, -0.15) is 5.10 Å². The summed E-state index contributed by atoms with van der Waals surface area (Å²) >= 11 is 0. The first-order valence-electron chi connectivity index (χ1n) is 8.21. The SMILES string of the molecule is CCC(OC(CO)C(O)CF)n1cc(-c2ccn[nH]2)c2c(N)ncnc21. The van der Waals surface area contributed by atoms with Gasteiger partial charge in [-0.05, 0) is 12.5 Å². The number of rotatable bonds is 8. The molecule has 0 aromatic carbocycles. The molecule has 0 amide bonds. The van der Waals surface area contributed by atoms with E-state index in [1.807, 2.05) is 6.92 Å². The Morgan fingerprint density at radius 1 is 1.42 bits per heavy atom. The number of H-pyrrole nitrogens is 1. The molecule has 5 N–H and O–H groups in total. The van der Waals surface area contributed by atoms with Crippen LogP contribution in [0.5, 0.6) is 0 Å². The Kier molecular flexibility index (Phi) is 5.45. The number of anilines is 1. The minimum Gasteiger partial charge on any atom is -0.394 e. The van der Waals surface area contributed by atoms with Gasteiger partial charge in [0.2, 0.25) is 0 Å². The van der Waals surface area contributed by atoms with Crippen LogP contribution >= 0.6 is 0 Å². The Morgan fingerprint density at radius 2 is 2.23 bits per heavy atom. The van der Waals surface area contributed by atoms with Crippen LogP contribution in [-0.2, 0) is 4.74 Å². The largest absolute Gasteiger partial charge is 0.394 e. The third-order valence-electron chi connectivity index (χ3n) is 4.19. The maximum atomic E-state index is 12.8. The van der Waals surface area contributed by atoms with Crippen molar-refractivity contribution in [2.24, 2.45) is 0 Å². The maximum absolute atomic E-state index is 12.8. The molecule has 0 radical (unpaired) electrons. The molecule has 26 heavy (non-hydrogen) atoms. The molecule has 3 atom stereocenters. The van der Waals surface area contributed by atoms with Crippen molar-refractivity contribution in [3.05, 3.63) is 24.8 Å². The van der Waals surface area contributed by atoms with E-state index in [-0.39, 0.29) is 0 Å². The van der Waals surface area contributed by atoms with Crippen molar-refractivity contribution in [3.63, 3.8) is 0 Å². The lowest BCUT2D eigenvalue weighted by Gasteiger charge is -2.26. The van der Waals surface area contributed by atoms with Gasteiger partial charge < -0.3 is 25.3 Å². The zero-order chi connectivity index (χ0) is 18.7. The van der Waals surface area contributed by atoms with Gasteiger partial charge in [0.05, 0.1) is 17.7 Å². The molecular formula is C16H21FN6O3. The second-order valence-electron chi connectivity index (χ2n) is 5.82. The fourth-order valence-corrected chi connectivity index (χ4v) is 2.85. The van der Waals surface area contributed by atoms with Crippen LogP contribution in [-0.4, -0.2) is 60.4 Å². The van der Waals surface area contributed by atoms with Crippen molar-refractivity contribution in [1.82, 2.24) is 24.7 Å². The standard InChI is InChI=1S/C16H21FN6O3/c1-2-13(26-12(7-24)11(25)5-17)23-6-9(10-3-4-21-22-10)14-15(18)19-8-20-16(14)23/h3-4,6,8,11-13,24-25H,2,5,7H2,1H3,(H,21,22)(H2,18,19,20). The van der Waals surface area contributed by atoms with Crippen LogP contribution in [0.1, 0.15) is 19.6 Å². The summed E-state index contributed by atoms with van der Waals surface area (Å²) in [5, 5.41) is 26.6. The topological polar surface area (TPSA) is 135 Å². The van der Waals surface area contributed by atoms with Crippen molar-refractivity contribution < 1.29 is 19.3 Å². The molecule has 9 nitrogen and oxygen atoms in total. The summed E-state index contributed by atoms with van der Waals surface area (Å²) in [5.41, 5.74) is 8.04. The molecule has 0 aliphatic rings. The van der Waals surface area contributed by atoms with Crippen molar-refractivity contribution in [2.45, 2.75) is 31.8 Å². The zero-order valence-corrected chi connectivity index (χ0v) is 14.2. The number of nitrogen functional groups attached to an aromatic ring is 1. The van der Waals surface area contributed by atoms with Gasteiger partial charge in [-0.3, -0.25) is 5.10 Å². The quantitative estimate of drug-likeness (QED) is 0.468. The molecule has 0 spiro atoms. The molecule has 3 unspecified atom stereocenters. The van der Waals surface area contributed by atoms with E-state index in [2.05, 4.69) is 20.2 Å². The Balaban J connectivity index is 2.07. The number of alkyl halides is 1. The summed E-state index contributed by atoms with van der Waals surface area (Å²) in [7, 11) is 0. The summed E-state index contributed by atoms with van der Waals surface area (Å²) in [6, 6.07) is 1.79. The molecule has 3 aromatic rings. The average molecular weight is 364 g/mol. The summed E-state index contributed by atoms with van der Waals surface area (Å²) in [6.45, 7) is 0.348. The molecule has 0 aliphatic carbocycles. The van der Waals surface area contributed by atoms with E-state index < -0.39 is 31.7 Å². The van der Waals surface area contributed by atoms with E-state index in [1.54, 1.807) is 23.0 Å². The van der Waals surface area contributed by atoms with E-state index in [9.17, 15) is 14.6 Å². The van der Waals surface area contributed by atoms with Gasteiger partial charge in [-0.1, -0.05) is 6.92 Å². The molecule has 0 saturated heterocycles. The van der Waals surface area contributed by atoms with Gasteiger partial charge in [0.15, 0.2) is 0 Å². The van der Waals surface area contributed by atoms with Crippen LogP contribution in [0.3, 0.4) is 0 Å². The van der Waals surface area contributed by atoms with Gasteiger partial charge in [0.25, 0.3) is 0 Å². The van der Waals surface area contributed by atoms with Crippen LogP contribution in [0, 0.1) is 0 Å². The normalized spacial score (nSPS) is 15.2. The van der Waals surface area contributed by atoms with Crippen LogP contribution in [0.15, 0.2) is 24.8 Å². The summed E-state index contributed by atoms with van der Waals surface area (Å²) in [6.07, 6.45) is 2.17. The summed E-state index contributed by atoms with van der Waals surface area (Å²) in [4.78, 5) is 8.34. The highest BCUT2D eigenvalue weighted by atomic mass is 19.1. The van der Waals surface area contributed by atoms with Crippen molar-refractivity contribution >= 4 is 16.9 Å². The van der Waals surface area contributed by atoms with Gasteiger partial charge in [0.1, 0.15) is 42.9 Å².